The zero-order valence-electron chi connectivity index (χ0n) is 14.5. The van der Waals surface area contributed by atoms with E-state index in [4.69, 9.17) is 0 Å². The zero-order valence-corrected chi connectivity index (χ0v) is 16.2. The Morgan fingerprint density at radius 1 is 1.11 bits per heavy atom. The van der Waals surface area contributed by atoms with Gasteiger partial charge >= 0.3 is 0 Å². The topological polar surface area (TPSA) is 59.8 Å². The second kappa shape index (κ2) is 8.28. The van der Waals surface area contributed by atoms with Gasteiger partial charge in [-0.15, -0.1) is 11.3 Å². The first-order chi connectivity index (χ1) is 13.3. The third-order valence-corrected chi connectivity index (χ3v) is 5.72. The fraction of sp³-hybridized carbons (Fsp3) is 0.150. The molecule has 0 atom stereocenters. The van der Waals surface area contributed by atoms with Crippen molar-refractivity contribution >= 4 is 28.6 Å². The van der Waals surface area contributed by atoms with E-state index >= 15 is 0 Å². The van der Waals surface area contributed by atoms with Gasteiger partial charge in [-0.25, -0.2) is 9.97 Å². The van der Waals surface area contributed by atoms with Gasteiger partial charge in [0.25, 0.3) is 0 Å². The minimum absolute atomic E-state index is 0.0142. The van der Waals surface area contributed by atoms with Crippen molar-refractivity contribution in [1.29, 1.82) is 0 Å². The van der Waals surface area contributed by atoms with Crippen LogP contribution in [0.5, 0.6) is 0 Å². The molecule has 27 heavy (non-hydrogen) atoms. The average molecular weight is 395 g/mol. The number of carbonyl (C=O) groups is 1. The highest BCUT2D eigenvalue weighted by atomic mass is 32.1. The molecule has 0 aliphatic rings. The highest BCUT2D eigenvalue weighted by molar-refractivity contribution is 7.14. The van der Waals surface area contributed by atoms with Crippen LogP contribution in [0.1, 0.15) is 16.8 Å². The van der Waals surface area contributed by atoms with Gasteiger partial charge in [0.1, 0.15) is 5.01 Å². The summed E-state index contributed by atoms with van der Waals surface area (Å²) in [6, 6.07) is 10.3. The fourth-order valence-corrected chi connectivity index (χ4v) is 4.22. The summed E-state index contributed by atoms with van der Waals surface area (Å²) in [5.41, 5.74) is 4.21. The van der Waals surface area contributed by atoms with E-state index in [2.05, 4.69) is 32.8 Å². The maximum absolute atomic E-state index is 12.2. The summed E-state index contributed by atoms with van der Waals surface area (Å²) in [4.78, 5) is 20.8. The number of hydrogen-bond acceptors (Lipinski definition) is 5. The highest BCUT2D eigenvalue weighted by Gasteiger charge is 2.09. The molecule has 136 valence electrons. The van der Waals surface area contributed by atoms with E-state index in [1.807, 2.05) is 39.7 Å². The van der Waals surface area contributed by atoms with Crippen LogP contribution < -0.4 is 5.32 Å². The molecule has 0 aliphatic carbocycles. The highest BCUT2D eigenvalue weighted by Crippen LogP contribution is 2.25. The Balaban J connectivity index is 1.28. The first kappa shape index (κ1) is 17.6. The molecular formula is C20H18N4OS2. The number of nitrogens with one attached hydrogen (secondary N) is 1. The summed E-state index contributed by atoms with van der Waals surface area (Å²) in [7, 11) is 0. The monoisotopic (exact) mass is 394 g/mol. The van der Waals surface area contributed by atoms with Crippen molar-refractivity contribution in [3.8, 4) is 10.6 Å². The van der Waals surface area contributed by atoms with Crippen molar-refractivity contribution < 1.29 is 4.79 Å². The van der Waals surface area contributed by atoms with Gasteiger partial charge in [-0.3, -0.25) is 4.79 Å². The molecule has 3 heterocycles. The van der Waals surface area contributed by atoms with E-state index in [1.54, 1.807) is 35.2 Å². The number of nitrogens with zero attached hydrogens (tertiary/aromatic N) is 3. The molecule has 0 aliphatic heterocycles. The van der Waals surface area contributed by atoms with Crippen molar-refractivity contribution in [2.24, 2.45) is 0 Å². The van der Waals surface area contributed by atoms with E-state index < -0.39 is 0 Å². The molecule has 0 fully saturated rings. The van der Waals surface area contributed by atoms with Gasteiger partial charge in [-0.1, -0.05) is 24.3 Å². The lowest BCUT2D eigenvalue weighted by molar-refractivity contribution is -0.120. The Labute approximate surface area is 165 Å². The summed E-state index contributed by atoms with van der Waals surface area (Å²) in [5.74, 6) is -0.0142. The van der Waals surface area contributed by atoms with Gasteiger partial charge in [-0.2, -0.15) is 11.3 Å². The largest absolute Gasteiger partial charge is 0.352 e. The SMILES string of the molecule is O=C(Cc1csc(-c2ccsc2)n1)NCc1ccc(Cn2ccnc2)cc1. The van der Waals surface area contributed by atoms with Crippen LogP contribution in [-0.4, -0.2) is 20.4 Å². The van der Waals surface area contributed by atoms with Crippen LogP contribution in [0, 0.1) is 0 Å². The molecule has 4 rings (SSSR count). The fourth-order valence-electron chi connectivity index (χ4n) is 2.69. The van der Waals surface area contributed by atoms with Crippen molar-refractivity contribution in [2.45, 2.75) is 19.5 Å². The number of benzene rings is 1. The van der Waals surface area contributed by atoms with Crippen molar-refractivity contribution in [1.82, 2.24) is 19.9 Å². The summed E-state index contributed by atoms with van der Waals surface area (Å²) >= 11 is 3.22. The van der Waals surface area contributed by atoms with E-state index in [9.17, 15) is 4.79 Å². The Kier molecular flexibility index (Phi) is 5.41. The van der Waals surface area contributed by atoms with Crippen LogP contribution >= 0.6 is 22.7 Å². The van der Waals surface area contributed by atoms with Crippen LogP contribution in [0.2, 0.25) is 0 Å². The first-order valence-corrected chi connectivity index (χ1v) is 10.4. The Morgan fingerprint density at radius 3 is 2.70 bits per heavy atom. The zero-order chi connectivity index (χ0) is 18.5. The molecule has 0 spiro atoms. The molecule has 0 saturated carbocycles. The Hall–Kier alpha value is -2.77. The first-order valence-electron chi connectivity index (χ1n) is 8.53. The molecule has 0 bridgehead atoms. The molecule has 4 aromatic rings. The van der Waals surface area contributed by atoms with E-state index in [0.29, 0.717) is 13.0 Å². The number of thiophene rings is 1. The van der Waals surface area contributed by atoms with Crippen LogP contribution in [0.4, 0.5) is 0 Å². The van der Waals surface area contributed by atoms with Gasteiger partial charge in [0.05, 0.1) is 18.4 Å². The minimum atomic E-state index is -0.0142. The molecule has 7 heteroatoms. The number of rotatable bonds is 7. The van der Waals surface area contributed by atoms with Gasteiger partial charge in [-0.05, 0) is 22.6 Å². The molecule has 3 aromatic heterocycles. The summed E-state index contributed by atoms with van der Waals surface area (Å²) < 4.78 is 2.02. The summed E-state index contributed by atoms with van der Waals surface area (Å²) in [6.45, 7) is 1.31. The van der Waals surface area contributed by atoms with Gasteiger partial charge in [0.2, 0.25) is 5.91 Å². The molecule has 0 unspecified atom stereocenters. The third-order valence-electron chi connectivity index (χ3n) is 4.10. The number of thiazole rings is 1. The lowest BCUT2D eigenvalue weighted by Gasteiger charge is -2.07. The molecule has 0 radical (unpaired) electrons. The average Bonchev–Trinajstić information content (AvgIpc) is 3.43. The standard InChI is InChI=1S/C20H18N4OS2/c25-19(9-18-13-27-20(23-18)17-5-8-26-12-17)22-10-15-1-3-16(4-2-15)11-24-7-6-21-14-24/h1-8,12-14H,9-11H2,(H,22,25). The maximum atomic E-state index is 12.2. The number of aromatic nitrogens is 3. The molecule has 1 amide bonds. The predicted molar refractivity (Wildman–Crippen MR) is 109 cm³/mol. The van der Waals surface area contributed by atoms with Crippen molar-refractivity contribution in [3.05, 3.63) is 82.0 Å². The van der Waals surface area contributed by atoms with E-state index in [1.165, 1.54) is 5.56 Å². The van der Waals surface area contributed by atoms with Crippen LogP contribution in [0.25, 0.3) is 10.6 Å². The lowest BCUT2D eigenvalue weighted by Crippen LogP contribution is -2.24. The van der Waals surface area contributed by atoms with E-state index in [-0.39, 0.29) is 5.91 Å². The quantitative estimate of drug-likeness (QED) is 0.516. The maximum Gasteiger partial charge on any atom is 0.226 e. The van der Waals surface area contributed by atoms with Gasteiger partial charge < -0.3 is 9.88 Å². The Bertz CT molecular complexity index is 989. The van der Waals surface area contributed by atoms with Gasteiger partial charge in [0, 0.05) is 41.8 Å². The Morgan fingerprint density at radius 2 is 1.96 bits per heavy atom. The van der Waals surface area contributed by atoms with Crippen LogP contribution in [0.15, 0.2) is 65.2 Å². The lowest BCUT2D eigenvalue weighted by atomic mass is 10.1. The van der Waals surface area contributed by atoms with Crippen LogP contribution in [-0.2, 0) is 24.3 Å². The van der Waals surface area contributed by atoms with Gasteiger partial charge in [0.15, 0.2) is 0 Å². The number of amides is 1. The summed E-state index contributed by atoms with van der Waals surface area (Å²) in [5, 5.41) is 9.99. The number of imidazole rings is 1. The smallest absolute Gasteiger partial charge is 0.226 e. The number of carbonyl (C=O) groups excluding carboxylic acids is 1. The second-order valence-electron chi connectivity index (χ2n) is 6.16. The summed E-state index contributed by atoms with van der Waals surface area (Å²) in [6.07, 6.45) is 5.82. The normalized spacial score (nSPS) is 10.8. The molecule has 0 saturated heterocycles. The predicted octanol–water partition coefficient (Wildman–Crippen LogP) is 3.98. The number of hydrogen-bond donors (Lipinski definition) is 1. The molecular weight excluding hydrogens is 376 g/mol. The van der Waals surface area contributed by atoms with Crippen molar-refractivity contribution in [2.75, 3.05) is 0 Å². The molecule has 5 nitrogen and oxygen atoms in total. The third kappa shape index (κ3) is 4.69. The molecule has 1 aromatic carbocycles. The van der Waals surface area contributed by atoms with Crippen molar-refractivity contribution in [3.63, 3.8) is 0 Å². The van der Waals surface area contributed by atoms with E-state index in [0.717, 1.165) is 28.4 Å². The molecule has 1 N–H and O–H groups in total. The second-order valence-corrected chi connectivity index (χ2v) is 7.80. The minimum Gasteiger partial charge on any atom is -0.352 e. The van der Waals surface area contributed by atoms with Crippen LogP contribution in [0.3, 0.4) is 0 Å².